The van der Waals surface area contributed by atoms with Gasteiger partial charge in [0.15, 0.2) is 17.5 Å². The van der Waals surface area contributed by atoms with Gasteiger partial charge in [-0.25, -0.2) is 36.5 Å². The van der Waals surface area contributed by atoms with Gasteiger partial charge in [0.2, 0.25) is 5.95 Å². The number of benzene rings is 2. The summed E-state index contributed by atoms with van der Waals surface area (Å²) in [6, 6.07) is 8.31. The average molecular weight is 605 g/mol. The number of halogens is 4. The van der Waals surface area contributed by atoms with Crippen LogP contribution in [0.5, 0.6) is 0 Å². The van der Waals surface area contributed by atoms with Gasteiger partial charge in [0.25, 0.3) is 10.0 Å². The van der Waals surface area contributed by atoms with Crippen molar-refractivity contribution >= 4 is 44.3 Å². The zero-order chi connectivity index (χ0) is 29.5. The van der Waals surface area contributed by atoms with Crippen LogP contribution < -0.4 is 10.0 Å². The second-order valence-electron chi connectivity index (χ2n) is 10.3. The highest BCUT2D eigenvalue weighted by Gasteiger charge is 2.27. The molecule has 2 N–H and O–H groups in total. The Bertz CT molecular complexity index is 1730. The molecule has 0 amide bonds. The van der Waals surface area contributed by atoms with Gasteiger partial charge < -0.3 is 10.2 Å². The molecule has 0 radical (unpaired) electrons. The molecule has 216 valence electrons. The molecule has 2 aromatic carbocycles. The number of nitrogens with one attached hydrogen (secondary N) is 2. The lowest BCUT2D eigenvalue weighted by Gasteiger charge is -2.32. The van der Waals surface area contributed by atoms with Gasteiger partial charge in [0.05, 0.1) is 22.4 Å². The Morgan fingerprint density at radius 1 is 1.00 bits per heavy atom. The lowest BCUT2D eigenvalue weighted by Crippen LogP contribution is -2.36. The minimum absolute atomic E-state index is 0.0582. The van der Waals surface area contributed by atoms with E-state index in [1.165, 1.54) is 30.5 Å². The Labute approximate surface area is 241 Å². The Hall–Kier alpha value is -3.48. The first-order chi connectivity index (χ1) is 19.4. The van der Waals surface area contributed by atoms with Crippen LogP contribution in [0.4, 0.5) is 24.8 Å². The topological polar surface area (TPSA) is 100 Å². The third kappa shape index (κ3) is 5.95. The number of pyridine rings is 1. The molecule has 0 aliphatic heterocycles. The summed E-state index contributed by atoms with van der Waals surface area (Å²) in [6.07, 6.45) is 5.59. The molecule has 5 rings (SSSR count). The number of anilines is 2. The largest absolute Gasteiger partial charge is 0.351 e. The van der Waals surface area contributed by atoms with Crippen molar-refractivity contribution in [3.8, 4) is 11.3 Å². The number of fused-ring (bicyclic) bond motifs is 1. The van der Waals surface area contributed by atoms with Crippen LogP contribution in [0.2, 0.25) is 5.02 Å². The Kier molecular flexibility index (Phi) is 8.09. The average Bonchev–Trinajstić information content (AvgIpc) is 2.93. The van der Waals surface area contributed by atoms with E-state index < -0.39 is 43.6 Å². The van der Waals surface area contributed by atoms with E-state index in [0.29, 0.717) is 34.7 Å². The monoisotopic (exact) mass is 604 g/mol. The highest BCUT2D eigenvalue weighted by Crippen LogP contribution is 2.34. The number of aryl methyl sites for hydroxylation is 1. The second kappa shape index (κ2) is 11.4. The minimum atomic E-state index is -4.51. The standard InChI is InChI=1S/C28H28ClF3N6O2S/c1-15-12-21(35-22-14-33-28(36-26(15)22)34-16-8-10-17(11-9-16)38(2)3)18-13-20(30)27(25(32)24(18)31)37-41(39,40)23-7-5-4-6-19(23)29/h4-7,12-14,16-17,37H,8-11H2,1-3H3,(H,33,34,36)/t16-,17-. The van der Waals surface area contributed by atoms with Crippen LogP contribution in [-0.2, 0) is 10.0 Å². The van der Waals surface area contributed by atoms with Crippen LogP contribution >= 0.6 is 11.6 Å². The van der Waals surface area contributed by atoms with Crippen molar-refractivity contribution in [3.63, 3.8) is 0 Å². The molecule has 8 nitrogen and oxygen atoms in total. The van der Waals surface area contributed by atoms with Crippen molar-refractivity contribution < 1.29 is 21.6 Å². The minimum Gasteiger partial charge on any atom is -0.351 e. The summed E-state index contributed by atoms with van der Waals surface area (Å²) in [7, 11) is -0.339. The Morgan fingerprint density at radius 3 is 2.39 bits per heavy atom. The fraction of sp³-hybridized carbons (Fsp3) is 0.321. The van der Waals surface area contributed by atoms with Gasteiger partial charge in [-0.3, -0.25) is 4.72 Å². The maximum Gasteiger partial charge on any atom is 0.263 e. The molecule has 0 atom stereocenters. The predicted molar refractivity (Wildman–Crippen MR) is 153 cm³/mol. The van der Waals surface area contributed by atoms with Crippen LogP contribution in [-0.4, -0.2) is 54.4 Å². The number of rotatable bonds is 7. The molecular weight excluding hydrogens is 577 g/mol. The number of hydrogen-bond acceptors (Lipinski definition) is 7. The van der Waals surface area contributed by atoms with Gasteiger partial charge in [-0.05, 0) is 76.5 Å². The molecule has 1 fully saturated rings. The van der Waals surface area contributed by atoms with Gasteiger partial charge in [-0.15, -0.1) is 0 Å². The molecule has 2 heterocycles. The second-order valence-corrected chi connectivity index (χ2v) is 12.4. The quantitative estimate of drug-likeness (QED) is 0.244. The third-order valence-electron chi connectivity index (χ3n) is 7.29. The molecule has 13 heteroatoms. The summed E-state index contributed by atoms with van der Waals surface area (Å²) in [4.78, 5) is 15.1. The summed E-state index contributed by atoms with van der Waals surface area (Å²) in [5, 5.41) is 3.22. The van der Waals surface area contributed by atoms with E-state index in [1.54, 1.807) is 11.6 Å². The van der Waals surface area contributed by atoms with Gasteiger partial charge >= 0.3 is 0 Å². The van der Waals surface area contributed by atoms with Crippen molar-refractivity contribution in [1.29, 1.82) is 0 Å². The number of sulfonamides is 1. The highest BCUT2D eigenvalue weighted by molar-refractivity contribution is 7.92. The van der Waals surface area contributed by atoms with Crippen molar-refractivity contribution in [2.45, 2.75) is 49.6 Å². The number of aromatic nitrogens is 3. The van der Waals surface area contributed by atoms with Crippen LogP contribution in [0.25, 0.3) is 22.3 Å². The summed E-state index contributed by atoms with van der Waals surface area (Å²) in [5.74, 6) is -4.06. The normalized spacial score (nSPS) is 17.7. The molecule has 2 aromatic heterocycles. The van der Waals surface area contributed by atoms with Crippen LogP contribution in [0.15, 0.2) is 47.5 Å². The Balaban J connectivity index is 1.42. The lowest BCUT2D eigenvalue weighted by molar-refractivity contribution is 0.221. The lowest BCUT2D eigenvalue weighted by atomic mass is 9.91. The molecule has 1 aliphatic rings. The highest BCUT2D eigenvalue weighted by atomic mass is 35.5. The molecule has 0 saturated heterocycles. The summed E-state index contributed by atoms with van der Waals surface area (Å²) in [6.45, 7) is 1.73. The molecular formula is C28H28ClF3N6O2S. The molecule has 4 aromatic rings. The third-order valence-corrected chi connectivity index (χ3v) is 9.14. The number of hydrogen-bond donors (Lipinski definition) is 2. The van der Waals surface area contributed by atoms with Gasteiger partial charge in [-0.1, -0.05) is 23.7 Å². The summed E-state index contributed by atoms with van der Waals surface area (Å²) in [5.41, 5.74) is -0.287. The molecule has 1 aliphatic carbocycles. The van der Waals surface area contributed by atoms with Crippen molar-refractivity contribution in [2.24, 2.45) is 0 Å². The molecule has 0 bridgehead atoms. The summed E-state index contributed by atoms with van der Waals surface area (Å²) >= 11 is 5.92. The zero-order valence-electron chi connectivity index (χ0n) is 22.6. The van der Waals surface area contributed by atoms with Crippen LogP contribution in [0.3, 0.4) is 0 Å². The van der Waals surface area contributed by atoms with E-state index in [2.05, 4.69) is 39.3 Å². The van der Waals surface area contributed by atoms with E-state index in [1.807, 2.05) is 0 Å². The first-order valence-electron chi connectivity index (χ1n) is 13.0. The van der Waals surface area contributed by atoms with Crippen molar-refractivity contribution in [3.05, 3.63) is 70.6 Å². The fourth-order valence-corrected chi connectivity index (χ4v) is 6.63. The smallest absolute Gasteiger partial charge is 0.263 e. The van der Waals surface area contributed by atoms with Gasteiger partial charge in [-0.2, -0.15) is 0 Å². The van der Waals surface area contributed by atoms with Crippen molar-refractivity contribution in [2.75, 3.05) is 24.1 Å². The van der Waals surface area contributed by atoms with Crippen LogP contribution in [0.1, 0.15) is 31.2 Å². The Morgan fingerprint density at radius 2 is 1.71 bits per heavy atom. The van der Waals surface area contributed by atoms with E-state index in [9.17, 15) is 8.42 Å². The van der Waals surface area contributed by atoms with Crippen molar-refractivity contribution in [1.82, 2.24) is 19.9 Å². The van der Waals surface area contributed by atoms with Gasteiger partial charge in [0, 0.05) is 17.6 Å². The molecule has 0 unspecified atom stereocenters. The first kappa shape index (κ1) is 29.0. The van der Waals surface area contributed by atoms with E-state index in [4.69, 9.17) is 11.6 Å². The first-order valence-corrected chi connectivity index (χ1v) is 14.8. The number of nitrogens with zero attached hydrogens (tertiary/aromatic N) is 4. The fourth-order valence-electron chi connectivity index (χ4n) is 5.04. The maximum atomic E-state index is 15.2. The molecule has 41 heavy (non-hydrogen) atoms. The SMILES string of the molecule is Cc1cc(-c2cc(F)c(NS(=O)(=O)c3ccccc3Cl)c(F)c2F)nc2cnc(N[C@H]3CC[C@H](N(C)C)CC3)nc12. The predicted octanol–water partition coefficient (Wildman–Crippen LogP) is 6.16. The van der Waals surface area contributed by atoms with Crippen LogP contribution in [0, 0.1) is 24.4 Å². The summed E-state index contributed by atoms with van der Waals surface area (Å²) < 4.78 is 72.5. The van der Waals surface area contributed by atoms with E-state index in [0.717, 1.165) is 31.7 Å². The van der Waals surface area contributed by atoms with Gasteiger partial charge in [0.1, 0.15) is 16.1 Å². The van der Waals surface area contributed by atoms with E-state index in [-0.39, 0.29) is 16.8 Å². The van der Waals surface area contributed by atoms with E-state index >= 15 is 13.2 Å². The molecule has 1 saturated carbocycles. The zero-order valence-corrected chi connectivity index (χ0v) is 24.1. The molecule has 0 spiro atoms. The maximum absolute atomic E-state index is 15.2.